The van der Waals surface area contributed by atoms with Crippen LogP contribution >= 0.6 is 11.3 Å². The van der Waals surface area contributed by atoms with Crippen molar-refractivity contribution in [1.29, 1.82) is 0 Å². The van der Waals surface area contributed by atoms with Gasteiger partial charge in [0.15, 0.2) is 0 Å². The number of rotatable bonds is 4. The molecule has 0 aliphatic heterocycles. The van der Waals surface area contributed by atoms with Gasteiger partial charge in [-0.05, 0) is 26.0 Å². The van der Waals surface area contributed by atoms with E-state index < -0.39 is 0 Å². The molecule has 2 rings (SSSR count). The van der Waals surface area contributed by atoms with Gasteiger partial charge in [0.1, 0.15) is 5.01 Å². The van der Waals surface area contributed by atoms with Crippen molar-refractivity contribution in [1.82, 2.24) is 10.3 Å². The molecule has 0 aliphatic carbocycles. The van der Waals surface area contributed by atoms with E-state index in [-0.39, 0.29) is 6.04 Å². The smallest absolute Gasteiger partial charge is 0.111 e. The summed E-state index contributed by atoms with van der Waals surface area (Å²) in [7, 11) is 0. The highest BCUT2D eigenvalue weighted by Crippen LogP contribution is 2.26. The van der Waals surface area contributed by atoms with Gasteiger partial charge >= 0.3 is 0 Å². The number of hydrogen-bond donors (Lipinski definition) is 1. The van der Waals surface area contributed by atoms with Crippen LogP contribution in [0.4, 0.5) is 0 Å². The molecule has 1 aromatic carbocycles. The molecule has 1 N–H and O–H groups in total. The standard InChI is InChI=1S/C14H16N2S/c1-4-7-10(2)15-11(3)14-16-12-8-5-6-9-13(12)17-14/h1,5-6,8-11,15H,7H2,2-3H3. The summed E-state index contributed by atoms with van der Waals surface area (Å²) >= 11 is 1.74. The molecular weight excluding hydrogens is 228 g/mol. The molecule has 0 aliphatic rings. The minimum Gasteiger partial charge on any atom is -0.305 e. The van der Waals surface area contributed by atoms with Crippen LogP contribution in [0.3, 0.4) is 0 Å². The Kier molecular flexibility index (Phi) is 3.78. The van der Waals surface area contributed by atoms with Crippen LogP contribution in [0.2, 0.25) is 0 Å². The summed E-state index contributed by atoms with van der Waals surface area (Å²) < 4.78 is 1.24. The number of fused-ring (bicyclic) bond motifs is 1. The first-order chi connectivity index (χ1) is 8.20. The van der Waals surface area contributed by atoms with Crippen LogP contribution in [0.1, 0.15) is 31.3 Å². The first-order valence-corrected chi connectivity index (χ1v) is 6.57. The van der Waals surface area contributed by atoms with E-state index in [0.717, 1.165) is 16.9 Å². The first-order valence-electron chi connectivity index (χ1n) is 5.75. The van der Waals surface area contributed by atoms with Crippen LogP contribution in [0, 0.1) is 12.3 Å². The topological polar surface area (TPSA) is 24.9 Å². The summed E-state index contributed by atoms with van der Waals surface area (Å²) in [5.74, 6) is 2.67. The Balaban J connectivity index is 2.14. The lowest BCUT2D eigenvalue weighted by Crippen LogP contribution is -2.28. The lowest BCUT2D eigenvalue weighted by molar-refractivity contribution is 0.485. The Hall–Kier alpha value is -1.37. The number of nitrogens with one attached hydrogen (secondary N) is 1. The van der Waals surface area contributed by atoms with Crippen LogP contribution in [-0.4, -0.2) is 11.0 Å². The second-order valence-electron chi connectivity index (χ2n) is 4.22. The minimum absolute atomic E-state index is 0.246. The quantitative estimate of drug-likeness (QED) is 0.834. The molecule has 0 saturated carbocycles. The van der Waals surface area contributed by atoms with Crippen molar-refractivity contribution in [3.05, 3.63) is 29.3 Å². The second-order valence-corrected chi connectivity index (χ2v) is 5.28. The SMILES string of the molecule is C#CCC(C)NC(C)c1nc2ccccc2s1. The normalized spacial score (nSPS) is 14.4. The van der Waals surface area contributed by atoms with E-state index in [9.17, 15) is 0 Å². The number of nitrogens with zero attached hydrogens (tertiary/aromatic N) is 1. The number of terminal acetylenes is 1. The molecule has 0 fully saturated rings. The van der Waals surface area contributed by atoms with Gasteiger partial charge in [-0.3, -0.25) is 0 Å². The molecule has 2 unspecified atom stereocenters. The van der Waals surface area contributed by atoms with E-state index >= 15 is 0 Å². The van der Waals surface area contributed by atoms with Gasteiger partial charge in [0.2, 0.25) is 0 Å². The maximum atomic E-state index is 5.30. The molecule has 1 heterocycles. The van der Waals surface area contributed by atoms with Crippen LogP contribution in [0.5, 0.6) is 0 Å². The van der Waals surface area contributed by atoms with Crippen LogP contribution in [0.15, 0.2) is 24.3 Å². The zero-order chi connectivity index (χ0) is 12.3. The molecule has 0 spiro atoms. The number of para-hydroxylation sites is 1. The molecule has 2 nitrogen and oxygen atoms in total. The highest BCUT2D eigenvalue weighted by Gasteiger charge is 2.13. The maximum Gasteiger partial charge on any atom is 0.111 e. The second kappa shape index (κ2) is 5.31. The van der Waals surface area contributed by atoms with Crippen molar-refractivity contribution in [2.24, 2.45) is 0 Å². The molecule has 2 aromatic rings. The Morgan fingerprint density at radius 2 is 2.18 bits per heavy atom. The zero-order valence-corrected chi connectivity index (χ0v) is 10.9. The van der Waals surface area contributed by atoms with Crippen LogP contribution in [-0.2, 0) is 0 Å². The van der Waals surface area contributed by atoms with Gasteiger partial charge in [-0.2, -0.15) is 0 Å². The molecular formula is C14H16N2S. The molecule has 0 amide bonds. The van der Waals surface area contributed by atoms with Gasteiger partial charge in [0.05, 0.1) is 16.3 Å². The van der Waals surface area contributed by atoms with E-state index in [1.165, 1.54) is 4.70 Å². The number of thiazole rings is 1. The van der Waals surface area contributed by atoms with Gasteiger partial charge in [0.25, 0.3) is 0 Å². The molecule has 17 heavy (non-hydrogen) atoms. The van der Waals surface area contributed by atoms with Crippen molar-refractivity contribution in [3.63, 3.8) is 0 Å². The predicted molar refractivity (Wildman–Crippen MR) is 74.1 cm³/mol. The lowest BCUT2D eigenvalue weighted by atomic mass is 10.2. The van der Waals surface area contributed by atoms with Crippen LogP contribution in [0.25, 0.3) is 10.2 Å². The average molecular weight is 244 g/mol. The predicted octanol–water partition coefficient (Wildman–Crippen LogP) is 3.36. The van der Waals surface area contributed by atoms with Gasteiger partial charge in [-0.1, -0.05) is 12.1 Å². The van der Waals surface area contributed by atoms with E-state index in [1.54, 1.807) is 11.3 Å². The Morgan fingerprint density at radius 3 is 2.88 bits per heavy atom. The largest absolute Gasteiger partial charge is 0.305 e. The monoisotopic (exact) mass is 244 g/mol. The molecule has 0 saturated heterocycles. The van der Waals surface area contributed by atoms with Crippen molar-refractivity contribution in [2.75, 3.05) is 0 Å². The average Bonchev–Trinajstić information content (AvgIpc) is 2.72. The fourth-order valence-electron chi connectivity index (χ4n) is 1.81. The number of hydrogen-bond acceptors (Lipinski definition) is 3. The molecule has 1 aromatic heterocycles. The number of aromatic nitrogens is 1. The third-order valence-corrected chi connectivity index (χ3v) is 3.86. The first kappa shape index (κ1) is 12.1. The number of benzene rings is 1. The summed E-state index contributed by atoms with van der Waals surface area (Å²) in [6, 6.07) is 8.78. The lowest BCUT2D eigenvalue weighted by Gasteiger charge is -2.15. The van der Waals surface area contributed by atoms with Gasteiger partial charge in [0, 0.05) is 12.5 Å². The Labute approximate surface area is 106 Å². The summed E-state index contributed by atoms with van der Waals surface area (Å²) in [4.78, 5) is 4.63. The van der Waals surface area contributed by atoms with Crippen molar-refractivity contribution < 1.29 is 0 Å². The molecule has 3 heteroatoms. The van der Waals surface area contributed by atoms with Crippen LogP contribution < -0.4 is 5.32 Å². The zero-order valence-electron chi connectivity index (χ0n) is 10.1. The highest BCUT2D eigenvalue weighted by atomic mass is 32.1. The van der Waals surface area contributed by atoms with E-state index in [0.29, 0.717) is 6.04 Å². The summed E-state index contributed by atoms with van der Waals surface area (Å²) in [5, 5.41) is 4.58. The Morgan fingerprint density at radius 1 is 1.41 bits per heavy atom. The maximum absolute atomic E-state index is 5.30. The third-order valence-electron chi connectivity index (χ3n) is 2.64. The van der Waals surface area contributed by atoms with E-state index in [2.05, 4.69) is 36.1 Å². The van der Waals surface area contributed by atoms with Crippen molar-refractivity contribution in [2.45, 2.75) is 32.4 Å². The van der Waals surface area contributed by atoms with E-state index in [1.807, 2.05) is 18.2 Å². The van der Waals surface area contributed by atoms with E-state index in [4.69, 9.17) is 6.42 Å². The summed E-state index contributed by atoms with van der Waals surface area (Å²) in [6.07, 6.45) is 6.05. The van der Waals surface area contributed by atoms with Crippen molar-refractivity contribution >= 4 is 21.6 Å². The summed E-state index contributed by atoms with van der Waals surface area (Å²) in [5.41, 5.74) is 1.07. The molecule has 88 valence electrons. The molecule has 0 bridgehead atoms. The molecule has 2 atom stereocenters. The van der Waals surface area contributed by atoms with Gasteiger partial charge < -0.3 is 5.32 Å². The van der Waals surface area contributed by atoms with Gasteiger partial charge in [-0.25, -0.2) is 4.98 Å². The summed E-state index contributed by atoms with van der Waals surface area (Å²) in [6.45, 7) is 4.23. The highest BCUT2D eigenvalue weighted by molar-refractivity contribution is 7.18. The Bertz CT molecular complexity index is 505. The van der Waals surface area contributed by atoms with Crippen molar-refractivity contribution in [3.8, 4) is 12.3 Å². The minimum atomic E-state index is 0.246. The fraction of sp³-hybridized carbons (Fsp3) is 0.357. The third kappa shape index (κ3) is 2.85. The fourth-order valence-corrected chi connectivity index (χ4v) is 2.79. The van der Waals surface area contributed by atoms with Gasteiger partial charge in [-0.15, -0.1) is 23.7 Å². The molecule has 0 radical (unpaired) electrons.